The summed E-state index contributed by atoms with van der Waals surface area (Å²) >= 11 is 0. The Balaban J connectivity index is 2.76. The van der Waals surface area contributed by atoms with Crippen LogP contribution in [0.15, 0.2) is 6.20 Å². The lowest BCUT2D eigenvalue weighted by Gasteiger charge is -2.10. The number of ether oxygens (including phenoxy) is 1. The van der Waals surface area contributed by atoms with Gasteiger partial charge in [-0.25, -0.2) is 4.68 Å². The van der Waals surface area contributed by atoms with Gasteiger partial charge in [0.1, 0.15) is 11.8 Å². The summed E-state index contributed by atoms with van der Waals surface area (Å²) in [4.78, 5) is 11.9. The van der Waals surface area contributed by atoms with Crippen LogP contribution in [0.1, 0.15) is 37.7 Å². The van der Waals surface area contributed by atoms with E-state index in [1.165, 1.54) is 6.20 Å². The predicted molar refractivity (Wildman–Crippen MR) is 55.7 cm³/mol. The zero-order valence-electron chi connectivity index (χ0n) is 9.43. The number of aromatic nitrogens is 3. The van der Waals surface area contributed by atoms with Crippen molar-refractivity contribution >= 4 is 5.78 Å². The number of Topliss-reactive ketones (excluding diaryl/α,β-unsaturated/α-hetero) is 1. The molecule has 0 aliphatic rings. The van der Waals surface area contributed by atoms with Gasteiger partial charge in [0.05, 0.1) is 6.20 Å². The van der Waals surface area contributed by atoms with Crippen molar-refractivity contribution in [3.63, 3.8) is 0 Å². The first kappa shape index (κ1) is 11.8. The van der Waals surface area contributed by atoms with E-state index in [1.54, 1.807) is 11.6 Å². The highest BCUT2D eigenvalue weighted by Gasteiger charge is 2.19. The van der Waals surface area contributed by atoms with Crippen LogP contribution in [0.4, 0.5) is 0 Å². The molecule has 0 bridgehead atoms. The van der Waals surface area contributed by atoms with Crippen LogP contribution in [0.2, 0.25) is 0 Å². The SMILES string of the molecule is CCCn1nncc1C(=O)C(C)OCC. The maximum absolute atomic E-state index is 11.9. The lowest BCUT2D eigenvalue weighted by atomic mass is 10.2. The molecule has 1 atom stereocenters. The van der Waals surface area contributed by atoms with Crippen molar-refractivity contribution in [2.24, 2.45) is 0 Å². The molecule has 1 rings (SSSR count). The molecule has 1 aromatic rings. The molecule has 1 heterocycles. The van der Waals surface area contributed by atoms with Gasteiger partial charge in [0.25, 0.3) is 0 Å². The van der Waals surface area contributed by atoms with Crippen molar-refractivity contribution in [1.82, 2.24) is 15.0 Å². The van der Waals surface area contributed by atoms with Gasteiger partial charge in [-0.3, -0.25) is 4.79 Å². The van der Waals surface area contributed by atoms with Crippen LogP contribution in [0.3, 0.4) is 0 Å². The normalized spacial score (nSPS) is 12.7. The number of carbonyl (C=O) groups excluding carboxylic acids is 1. The van der Waals surface area contributed by atoms with E-state index >= 15 is 0 Å². The molecule has 0 saturated carbocycles. The smallest absolute Gasteiger partial charge is 0.210 e. The Labute approximate surface area is 89.4 Å². The third-order valence-electron chi connectivity index (χ3n) is 2.09. The molecular formula is C10H17N3O2. The average Bonchev–Trinajstić information content (AvgIpc) is 2.66. The second kappa shape index (κ2) is 5.60. The van der Waals surface area contributed by atoms with Crippen molar-refractivity contribution in [1.29, 1.82) is 0 Å². The molecular weight excluding hydrogens is 194 g/mol. The summed E-state index contributed by atoms with van der Waals surface area (Å²) in [7, 11) is 0. The molecule has 1 aromatic heterocycles. The second-order valence-electron chi connectivity index (χ2n) is 3.30. The van der Waals surface area contributed by atoms with Crippen LogP contribution in [-0.2, 0) is 11.3 Å². The Morgan fingerprint density at radius 2 is 2.33 bits per heavy atom. The van der Waals surface area contributed by atoms with Crippen molar-refractivity contribution in [2.75, 3.05) is 6.61 Å². The van der Waals surface area contributed by atoms with Gasteiger partial charge in [-0.15, -0.1) is 5.10 Å². The van der Waals surface area contributed by atoms with Crippen molar-refractivity contribution in [3.8, 4) is 0 Å². The average molecular weight is 211 g/mol. The Kier molecular flexibility index (Phi) is 4.42. The lowest BCUT2D eigenvalue weighted by molar-refractivity contribution is 0.0510. The Morgan fingerprint density at radius 1 is 1.60 bits per heavy atom. The molecule has 5 heteroatoms. The Morgan fingerprint density at radius 3 is 2.93 bits per heavy atom. The van der Waals surface area contributed by atoms with Crippen LogP contribution in [0, 0.1) is 0 Å². The van der Waals surface area contributed by atoms with Crippen molar-refractivity contribution in [3.05, 3.63) is 11.9 Å². The summed E-state index contributed by atoms with van der Waals surface area (Å²) in [6.45, 7) is 6.88. The van der Waals surface area contributed by atoms with Gasteiger partial charge < -0.3 is 4.74 Å². The third-order valence-corrected chi connectivity index (χ3v) is 2.09. The first-order valence-electron chi connectivity index (χ1n) is 5.25. The summed E-state index contributed by atoms with van der Waals surface area (Å²) in [6, 6.07) is 0. The van der Waals surface area contributed by atoms with Crippen LogP contribution in [0.25, 0.3) is 0 Å². The van der Waals surface area contributed by atoms with Gasteiger partial charge >= 0.3 is 0 Å². The van der Waals surface area contributed by atoms with Crippen molar-refractivity contribution < 1.29 is 9.53 Å². The molecule has 84 valence electrons. The molecule has 1 unspecified atom stereocenters. The summed E-state index contributed by atoms with van der Waals surface area (Å²) in [6.07, 6.45) is 1.99. The quantitative estimate of drug-likeness (QED) is 0.665. The topological polar surface area (TPSA) is 57.0 Å². The monoisotopic (exact) mass is 211 g/mol. The largest absolute Gasteiger partial charge is 0.371 e. The summed E-state index contributed by atoms with van der Waals surface area (Å²) < 4.78 is 6.86. The Hall–Kier alpha value is -1.23. The molecule has 0 spiro atoms. The number of nitrogens with zero attached hydrogens (tertiary/aromatic N) is 3. The number of aryl methyl sites for hydroxylation is 1. The highest BCUT2D eigenvalue weighted by atomic mass is 16.5. The number of ketones is 1. The van der Waals surface area contributed by atoms with E-state index in [2.05, 4.69) is 10.3 Å². The second-order valence-corrected chi connectivity index (χ2v) is 3.30. The molecule has 15 heavy (non-hydrogen) atoms. The molecule has 0 saturated heterocycles. The van der Waals surface area contributed by atoms with E-state index in [-0.39, 0.29) is 5.78 Å². The van der Waals surface area contributed by atoms with Crippen LogP contribution in [0.5, 0.6) is 0 Å². The summed E-state index contributed by atoms with van der Waals surface area (Å²) in [5, 5.41) is 7.60. The van der Waals surface area contributed by atoms with Crippen LogP contribution < -0.4 is 0 Å². The first-order chi connectivity index (χ1) is 7.20. The molecule has 0 aliphatic heterocycles. The van der Waals surface area contributed by atoms with Gasteiger partial charge in [-0.05, 0) is 20.3 Å². The van der Waals surface area contributed by atoms with Crippen molar-refractivity contribution in [2.45, 2.75) is 39.8 Å². The minimum absolute atomic E-state index is 0.0599. The fourth-order valence-corrected chi connectivity index (χ4v) is 1.36. The number of rotatable bonds is 6. The molecule has 0 amide bonds. The summed E-state index contributed by atoms with van der Waals surface area (Å²) in [5.41, 5.74) is 0.526. The molecule has 0 fully saturated rings. The maximum Gasteiger partial charge on any atom is 0.210 e. The number of carbonyl (C=O) groups is 1. The molecule has 0 aromatic carbocycles. The van der Waals surface area contributed by atoms with E-state index < -0.39 is 6.10 Å². The van der Waals surface area contributed by atoms with Gasteiger partial charge in [0, 0.05) is 13.2 Å². The minimum Gasteiger partial charge on any atom is -0.371 e. The zero-order valence-corrected chi connectivity index (χ0v) is 9.43. The molecule has 0 aliphatic carbocycles. The maximum atomic E-state index is 11.9. The molecule has 0 radical (unpaired) electrons. The number of hydrogen-bond acceptors (Lipinski definition) is 4. The van der Waals surface area contributed by atoms with Gasteiger partial charge in [-0.1, -0.05) is 12.1 Å². The molecule has 5 nitrogen and oxygen atoms in total. The first-order valence-corrected chi connectivity index (χ1v) is 5.25. The number of hydrogen-bond donors (Lipinski definition) is 0. The highest BCUT2D eigenvalue weighted by molar-refractivity contribution is 5.97. The molecule has 0 N–H and O–H groups in total. The van der Waals surface area contributed by atoms with Crippen LogP contribution in [-0.4, -0.2) is 33.5 Å². The van der Waals surface area contributed by atoms with Gasteiger partial charge in [-0.2, -0.15) is 0 Å². The van der Waals surface area contributed by atoms with Crippen LogP contribution >= 0.6 is 0 Å². The van der Waals surface area contributed by atoms with E-state index in [0.29, 0.717) is 18.8 Å². The van der Waals surface area contributed by atoms with E-state index in [4.69, 9.17) is 4.74 Å². The summed E-state index contributed by atoms with van der Waals surface area (Å²) in [5.74, 6) is -0.0599. The van der Waals surface area contributed by atoms with Gasteiger partial charge in [0.15, 0.2) is 0 Å². The zero-order chi connectivity index (χ0) is 11.3. The minimum atomic E-state index is -0.427. The fourth-order valence-electron chi connectivity index (χ4n) is 1.36. The van der Waals surface area contributed by atoms with E-state index in [0.717, 1.165) is 6.42 Å². The highest BCUT2D eigenvalue weighted by Crippen LogP contribution is 2.05. The van der Waals surface area contributed by atoms with E-state index in [9.17, 15) is 4.79 Å². The third kappa shape index (κ3) is 2.86. The fraction of sp³-hybridized carbons (Fsp3) is 0.700. The van der Waals surface area contributed by atoms with Gasteiger partial charge in [0.2, 0.25) is 5.78 Å². The van der Waals surface area contributed by atoms with E-state index in [1.807, 2.05) is 13.8 Å². The standard InChI is InChI=1S/C10H17N3O2/c1-4-6-13-9(7-11-12-13)10(14)8(3)15-5-2/h7-8H,4-6H2,1-3H3. The Bertz CT molecular complexity index is 322. The predicted octanol–water partition coefficient (Wildman–Crippen LogP) is 1.30. The lowest BCUT2D eigenvalue weighted by Crippen LogP contribution is -2.24.